The molecule has 0 saturated heterocycles. The zero-order valence-corrected chi connectivity index (χ0v) is 11.1. The Morgan fingerprint density at radius 1 is 1.50 bits per heavy atom. The van der Waals surface area contributed by atoms with E-state index in [2.05, 4.69) is 15.9 Å². The number of carboxylic acid groups (broad SMARTS) is 1. The van der Waals surface area contributed by atoms with Gasteiger partial charge in [0.05, 0.1) is 10.4 Å². The number of aryl methyl sites for hydroxylation is 1. The summed E-state index contributed by atoms with van der Waals surface area (Å²) in [5, 5.41) is 18.8. The van der Waals surface area contributed by atoms with Crippen molar-refractivity contribution in [1.82, 2.24) is 0 Å². The van der Waals surface area contributed by atoms with Crippen LogP contribution in [0.5, 0.6) is 5.75 Å². The summed E-state index contributed by atoms with van der Waals surface area (Å²) in [4.78, 5) is 11.1. The first-order valence-electron chi connectivity index (χ1n) is 5.11. The first-order chi connectivity index (χ1) is 7.40. The van der Waals surface area contributed by atoms with E-state index in [-0.39, 0.29) is 5.75 Å². The number of halogens is 1. The molecule has 0 aliphatic carbocycles. The second-order valence-electron chi connectivity index (χ2n) is 3.87. The standard InChI is InChI=1S/C12H15BrO3/c1-4-8(12(15)16)9-5-6(2)11(14)10(13)7(9)3/h5,8,14H,4H2,1-3H3,(H,15,16). The van der Waals surface area contributed by atoms with Gasteiger partial charge in [0.15, 0.2) is 0 Å². The Hall–Kier alpha value is -1.03. The van der Waals surface area contributed by atoms with Gasteiger partial charge >= 0.3 is 5.97 Å². The van der Waals surface area contributed by atoms with Crippen LogP contribution in [0.2, 0.25) is 0 Å². The van der Waals surface area contributed by atoms with Crippen LogP contribution in [0.15, 0.2) is 10.5 Å². The SMILES string of the molecule is CCC(C(=O)O)c1cc(C)c(O)c(Br)c1C. The van der Waals surface area contributed by atoms with Crippen LogP contribution in [0, 0.1) is 13.8 Å². The van der Waals surface area contributed by atoms with E-state index in [0.29, 0.717) is 16.5 Å². The van der Waals surface area contributed by atoms with Crippen molar-refractivity contribution in [3.05, 3.63) is 27.2 Å². The molecule has 1 rings (SSSR count). The van der Waals surface area contributed by atoms with Crippen LogP contribution in [0.3, 0.4) is 0 Å². The van der Waals surface area contributed by atoms with Crippen molar-refractivity contribution in [3.63, 3.8) is 0 Å². The molecule has 0 aromatic heterocycles. The molecule has 0 spiro atoms. The van der Waals surface area contributed by atoms with Crippen molar-refractivity contribution in [1.29, 1.82) is 0 Å². The van der Waals surface area contributed by atoms with Gasteiger partial charge in [-0.05, 0) is 52.9 Å². The summed E-state index contributed by atoms with van der Waals surface area (Å²) >= 11 is 3.28. The Morgan fingerprint density at radius 3 is 2.50 bits per heavy atom. The second kappa shape index (κ2) is 4.87. The Labute approximate surface area is 103 Å². The lowest BCUT2D eigenvalue weighted by atomic mass is 9.91. The highest BCUT2D eigenvalue weighted by Crippen LogP contribution is 2.36. The highest BCUT2D eigenvalue weighted by Gasteiger charge is 2.22. The van der Waals surface area contributed by atoms with Gasteiger partial charge in [0.25, 0.3) is 0 Å². The van der Waals surface area contributed by atoms with Gasteiger partial charge in [0.1, 0.15) is 5.75 Å². The third-order valence-electron chi connectivity index (χ3n) is 2.80. The van der Waals surface area contributed by atoms with Gasteiger partial charge in [-0.15, -0.1) is 0 Å². The summed E-state index contributed by atoms with van der Waals surface area (Å²) in [6, 6.07) is 1.75. The summed E-state index contributed by atoms with van der Waals surface area (Å²) in [5.41, 5.74) is 2.24. The first-order valence-corrected chi connectivity index (χ1v) is 5.90. The molecule has 0 fully saturated rings. The van der Waals surface area contributed by atoms with Crippen LogP contribution < -0.4 is 0 Å². The molecule has 88 valence electrons. The minimum Gasteiger partial charge on any atom is -0.506 e. The number of aliphatic carboxylic acids is 1. The molecule has 1 atom stereocenters. The highest BCUT2D eigenvalue weighted by molar-refractivity contribution is 9.10. The third kappa shape index (κ3) is 2.21. The average Bonchev–Trinajstić information content (AvgIpc) is 2.23. The maximum Gasteiger partial charge on any atom is 0.310 e. The van der Waals surface area contributed by atoms with E-state index in [4.69, 9.17) is 5.11 Å². The molecule has 0 heterocycles. The molecule has 0 aliphatic rings. The maximum atomic E-state index is 11.1. The van der Waals surface area contributed by atoms with Crippen LogP contribution in [-0.4, -0.2) is 16.2 Å². The third-order valence-corrected chi connectivity index (χ3v) is 3.77. The molecule has 3 nitrogen and oxygen atoms in total. The smallest absolute Gasteiger partial charge is 0.310 e. The number of hydrogen-bond acceptors (Lipinski definition) is 2. The number of carboxylic acids is 1. The topological polar surface area (TPSA) is 57.5 Å². The van der Waals surface area contributed by atoms with Crippen LogP contribution in [0.4, 0.5) is 0 Å². The maximum absolute atomic E-state index is 11.1. The molecular formula is C12H15BrO3. The second-order valence-corrected chi connectivity index (χ2v) is 4.66. The van der Waals surface area contributed by atoms with Crippen LogP contribution in [0.1, 0.15) is 36.0 Å². The molecular weight excluding hydrogens is 272 g/mol. The van der Waals surface area contributed by atoms with Crippen molar-refractivity contribution in [3.8, 4) is 5.75 Å². The molecule has 0 bridgehead atoms. The summed E-state index contributed by atoms with van der Waals surface area (Å²) in [6.07, 6.45) is 0.535. The Balaban J connectivity index is 3.39. The van der Waals surface area contributed by atoms with E-state index in [1.807, 2.05) is 13.8 Å². The molecule has 1 aromatic rings. The molecule has 0 saturated carbocycles. The normalized spacial score (nSPS) is 12.5. The van der Waals surface area contributed by atoms with Crippen LogP contribution >= 0.6 is 15.9 Å². The molecule has 0 radical (unpaired) electrons. The van der Waals surface area contributed by atoms with Crippen molar-refractivity contribution in [2.24, 2.45) is 0 Å². The van der Waals surface area contributed by atoms with E-state index >= 15 is 0 Å². The van der Waals surface area contributed by atoms with E-state index in [1.54, 1.807) is 13.0 Å². The van der Waals surface area contributed by atoms with Gasteiger partial charge in [0.2, 0.25) is 0 Å². The predicted octanol–water partition coefficient (Wildman–Crippen LogP) is 3.35. The van der Waals surface area contributed by atoms with Gasteiger partial charge in [-0.25, -0.2) is 0 Å². The lowest BCUT2D eigenvalue weighted by molar-refractivity contribution is -0.138. The summed E-state index contributed by atoms with van der Waals surface area (Å²) in [5.74, 6) is -1.17. The Morgan fingerprint density at radius 2 is 2.06 bits per heavy atom. The van der Waals surface area contributed by atoms with E-state index in [0.717, 1.165) is 11.1 Å². The number of hydrogen-bond donors (Lipinski definition) is 2. The number of rotatable bonds is 3. The van der Waals surface area contributed by atoms with Crippen LogP contribution in [0.25, 0.3) is 0 Å². The molecule has 0 amide bonds. The van der Waals surface area contributed by atoms with Crippen molar-refractivity contribution >= 4 is 21.9 Å². The minimum atomic E-state index is -0.831. The average molecular weight is 287 g/mol. The number of benzene rings is 1. The highest BCUT2D eigenvalue weighted by atomic mass is 79.9. The van der Waals surface area contributed by atoms with Gasteiger partial charge in [-0.1, -0.05) is 13.0 Å². The predicted molar refractivity (Wildman–Crippen MR) is 65.9 cm³/mol. The van der Waals surface area contributed by atoms with Crippen molar-refractivity contribution < 1.29 is 15.0 Å². The number of carbonyl (C=O) groups is 1. The molecule has 4 heteroatoms. The van der Waals surface area contributed by atoms with E-state index < -0.39 is 11.9 Å². The lowest BCUT2D eigenvalue weighted by Crippen LogP contribution is -2.12. The molecule has 1 unspecified atom stereocenters. The van der Waals surface area contributed by atoms with Gasteiger partial charge in [0, 0.05) is 0 Å². The molecule has 16 heavy (non-hydrogen) atoms. The van der Waals surface area contributed by atoms with Crippen molar-refractivity contribution in [2.45, 2.75) is 33.1 Å². The summed E-state index contributed by atoms with van der Waals surface area (Å²) < 4.78 is 0.585. The summed E-state index contributed by atoms with van der Waals surface area (Å²) in [7, 11) is 0. The van der Waals surface area contributed by atoms with Gasteiger partial charge in [-0.3, -0.25) is 4.79 Å². The number of phenols is 1. The van der Waals surface area contributed by atoms with Gasteiger partial charge in [-0.2, -0.15) is 0 Å². The summed E-state index contributed by atoms with van der Waals surface area (Å²) in [6.45, 7) is 5.41. The molecule has 0 aliphatic heterocycles. The molecule has 2 N–H and O–H groups in total. The fourth-order valence-electron chi connectivity index (χ4n) is 1.78. The number of aromatic hydroxyl groups is 1. The van der Waals surface area contributed by atoms with Crippen LogP contribution in [-0.2, 0) is 4.79 Å². The number of phenolic OH excluding ortho intramolecular Hbond substituents is 1. The van der Waals surface area contributed by atoms with Crippen molar-refractivity contribution in [2.75, 3.05) is 0 Å². The quantitative estimate of drug-likeness (QED) is 0.896. The zero-order valence-electron chi connectivity index (χ0n) is 9.54. The fourth-order valence-corrected chi connectivity index (χ4v) is 2.32. The molecule has 1 aromatic carbocycles. The lowest BCUT2D eigenvalue weighted by Gasteiger charge is -2.16. The fraction of sp³-hybridized carbons (Fsp3) is 0.417. The monoisotopic (exact) mass is 286 g/mol. The zero-order chi connectivity index (χ0) is 12.5. The minimum absolute atomic E-state index is 0.182. The Bertz CT molecular complexity index is 427. The van der Waals surface area contributed by atoms with E-state index in [1.165, 1.54) is 0 Å². The largest absolute Gasteiger partial charge is 0.506 e. The van der Waals surface area contributed by atoms with E-state index in [9.17, 15) is 9.90 Å². The Kier molecular flexibility index (Phi) is 3.97. The van der Waals surface area contributed by atoms with Gasteiger partial charge < -0.3 is 10.2 Å². The first kappa shape index (κ1) is 13.0.